The summed E-state index contributed by atoms with van der Waals surface area (Å²) < 4.78 is 5.63. The predicted octanol–water partition coefficient (Wildman–Crippen LogP) is 3.77. The first-order valence-corrected chi connectivity index (χ1v) is 6.56. The molecular formula is C13H23Cl3N2O. The van der Waals surface area contributed by atoms with Gasteiger partial charge in [0.2, 0.25) is 0 Å². The number of nitrogens with zero attached hydrogens (tertiary/aromatic N) is 1. The first-order chi connectivity index (χ1) is 7.98. The van der Waals surface area contributed by atoms with Gasteiger partial charge in [-0.2, -0.15) is 0 Å². The number of nitrogens with one attached hydrogen (secondary N) is 1. The van der Waals surface area contributed by atoms with Crippen LogP contribution in [-0.4, -0.2) is 31.1 Å². The van der Waals surface area contributed by atoms with E-state index in [9.17, 15) is 0 Å². The summed E-state index contributed by atoms with van der Waals surface area (Å²) in [5, 5.41) is 3.86. The highest BCUT2D eigenvalue weighted by atomic mass is 35.5. The summed E-state index contributed by atoms with van der Waals surface area (Å²) in [6.45, 7) is 10.9. The van der Waals surface area contributed by atoms with Crippen molar-refractivity contribution in [1.29, 1.82) is 0 Å². The quantitative estimate of drug-likeness (QED) is 0.895. The Morgan fingerprint density at radius 2 is 1.79 bits per heavy atom. The highest BCUT2D eigenvalue weighted by Gasteiger charge is 2.34. The van der Waals surface area contributed by atoms with Crippen molar-refractivity contribution in [3.8, 4) is 0 Å². The molecule has 1 N–H and O–H groups in total. The van der Waals surface area contributed by atoms with Crippen LogP contribution in [0, 0.1) is 5.41 Å². The first-order valence-electron chi connectivity index (χ1n) is 6.18. The molecule has 6 heteroatoms. The van der Waals surface area contributed by atoms with Crippen molar-refractivity contribution in [2.75, 3.05) is 26.2 Å². The average molecular weight is 330 g/mol. The van der Waals surface area contributed by atoms with Gasteiger partial charge in [-0.05, 0) is 29.1 Å². The van der Waals surface area contributed by atoms with E-state index in [-0.39, 0.29) is 36.3 Å². The van der Waals surface area contributed by atoms with Gasteiger partial charge in [0.15, 0.2) is 5.22 Å². The molecule has 3 nitrogen and oxygen atoms in total. The lowest BCUT2D eigenvalue weighted by Gasteiger charge is -2.41. The van der Waals surface area contributed by atoms with Gasteiger partial charge in [-0.15, -0.1) is 24.8 Å². The van der Waals surface area contributed by atoms with Crippen molar-refractivity contribution in [2.45, 2.75) is 26.8 Å². The molecule has 1 atom stereocenters. The molecule has 0 aliphatic carbocycles. The minimum Gasteiger partial charge on any atom is -0.448 e. The summed E-state index contributed by atoms with van der Waals surface area (Å²) in [4.78, 5) is 2.48. The van der Waals surface area contributed by atoms with E-state index in [1.807, 2.05) is 12.1 Å². The van der Waals surface area contributed by atoms with Crippen molar-refractivity contribution in [1.82, 2.24) is 10.2 Å². The summed E-state index contributed by atoms with van der Waals surface area (Å²) in [5.41, 5.74) is 0.137. The average Bonchev–Trinajstić information content (AvgIpc) is 2.64. The number of hydrogen-bond donors (Lipinski definition) is 1. The second-order valence-corrected chi connectivity index (χ2v) is 6.07. The maximum atomic E-state index is 5.90. The van der Waals surface area contributed by atoms with E-state index in [1.165, 1.54) is 0 Å². The smallest absolute Gasteiger partial charge is 0.193 e. The highest BCUT2D eigenvalue weighted by molar-refractivity contribution is 6.28. The molecule has 1 aliphatic rings. The lowest BCUT2D eigenvalue weighted by molar-refractivity contribution is 0.0698. The van der Waals surface area contributed by atoms with E-state index in [1.54, 1.807) is 0 Å². The van der Waals surface area contributed by atoms with Crippen molar-refractivity contribution in [3.63, 3.8) is 0 Å². The van der Waals surface area contributed by atoms with Gasteiger partial charge >= 0.3 is 0 Å². The van der Waals surface area contributed by atoms with Gasteiger partial charge in [-0.25, -0.2) is 0 Å². The van der Waals surface area contributed by atoms with Crippen LogP contribution in [0.4, 0.5) is 0 Å². The molecule has 0 unspecified atom stereocenters. The largest absolute Gasteiger partial charge is 0.448 e. The number of furan rings is 1. The summed E-state index contributed by atoms with van der Waals surface area (Å²) in [5.74, 6) is 0.976. The fraction of sp³-hybridized carbons (Fsp3) is 0.692. The zero-order chi connectivity index (χ0) is 12.5. The first kappa shape index (κ1) is 19.1. The summed E-state index contributed by atoms with van der Waals surface area (Å²) in [6, 6.07) is 4.12. The molecule has 1 fully saturated rings. The minimum absolute atomic E-state index is 0. The van der Waals surface area contributed by atoms with Crippen LogP contribution < -0.4 is 5.32 Å². The van der Waals surface area contributed by atoms with Crippen LogP contribution in [0.25, 0.3) is 0 Å². The molecule has 1 saturated heterocycles. The molecule has 0 aromatic carbocycles. The monoisotopic (exact) mass is 328 g/mol. The molecule has 0 radical (unpaired) electrons. The Labute approximate surface area is 132 Å². The second-order valence-electron chi connectivity index (χ2n) is 5.70. The van der Waals surface area contributed by atoms with Crippen molar-refractivity contribution >= 4 is 36.4 Å². The van der Waals surface area contributed by atoms with Crippen LogP contribution >= 0.6 is 36.4 Å². The summed E-state index contributed by atoms with van der Waals surface area (Å²) >= 11 is 5.90. The van der Waals surface area contributed by atoms with E-state index >= 15 is 0 Å². The van der Waals surface area contributed by atoms with Gasteiger partial charge in [0.05, 0.1) is 6.04 Å². The molecule has 19 heavy (non-hydrogen) atoms. The Bertz CT molecular complexity index is 370. The molecule has 112 valence electrons. The molecule has 0 spiro atoms. The third-order valence-corrected chi connectivity index (χ3v) is 3.40. The van der Waals surface area contributed by atoms with Crippen LogP contribution in [0.5, 0.6) is 0 Å². The van der Waals surface area contributed by atoms with Gasteiger partial charge in [0, 0.05) is 26.2 Å². The molecule has 1 aromatic heterocycles. The SMILES string of the molecule is CC(C)(C)[C@@H](c1ccc(Cl)o1)N1CCNCC1.Cl.Cl. The van der Waals surface area contributed by atoms with Crippen molar-refractivity contribution in [2.24, 2.45) is 5.41 Å². The number of rotatable bonds is 2. The minimum atomic E-state index is 0. The molecule has 1 aliphatic heterocycles. The molecule has 0 saturated carbocycles. The zero-order valence-electron chi connectivity index (χ0n) is 11.6. The van der Waals surface area contributed by atoms with Gasteiger partial charge in [0.25, 0.3) is 0 Å². The fourth-order valence-electron chi connectivity index (χ4n) is 2.57. The highest BCUT2D eigenvalue weighted by Crippen LogP contribution is 2.39. The van der Waals surface area contributed by atoms with Gasteiger partial charge in [-0.1, -0.05) is 20.8 Å². The molecule has 1 aromatic rings. The Hall–Kier alpha value is 0.0700. The molecular weight excluding hydrogens is 307 g/mol. The van der Waals surface area contributed by atoms with E-state index in [0.717, 1.165) is 31.9 Å². The molecule has 2 rings (SSSR count). The fourth-order valence-corrected chi connectivity index (χ4v) is 2.72. The predicted molar refractivity (Wildman–Crippen MR) is 84.9 cm³/mol. The third-order valence-electron chi connectivity index (χ3n) is 3.20. The van der Waals surface area contributed by atoms with E-state index in [4.69, 9.17) is 16.0 Å². The van der Waals surface area contributed by atoms with Crippen LogP contribution in [-0.2, 0) is 0 Å². The number of hydrogen-bond acceptors (Lipinski definition) is 3. The van der Waals surface area contributed by atoms with Gasteiger partial charge < -0.3 is 9.73 Å². The zero-order valence-corrected chi connectivity index (χ0v) is 14.0. The Kier molecular flexibility index (Phi) is 7.78. The third kappa shape index (κ3) is 4.83. The lowest BCUT2D eigenvalue weighted by Crippen LogP contribution is -2.48. The van der Waals surface area contributed by atoms with Crippen LogP contribution in [0.1, 0.15) is 32.6 Å². The Morgan fingerprint density at radius 3 is 2.21 bits per heavy atom. The van der Waals surface area contributed by atoms with Crippen molar-refractivity contribution < 1.29 is 4.42 Å². The maximum Gasteiger partial charge on any atom is 0.193 e. The van der Waals surface area contributed by atoms with E-state index in [0.29, 0.717) is 5.22 Å². The molecule has 0 amide bonds. The van der Waals surface area contributed by atoms with Crippen molar-refractivity contribution in [3.05, 3.63) is 23.1 Å². The van der Waals surface area contributed by atoms with Crippen LogP contribution in [0.3, 0.4) is 0 Å². The summed E-state index contributed by atoms with van der Waals surface area (Å²) in [6.07, 6.45) is 0. The van der Waals surface area contributed by atoms with E-state index < -0.39 is 0 Å². The van der Waals surface area contributed by atoms with E-state index in [2.05, 4.69) is 31.0 Å². The maximum absolute atomic E-state index is 5.90. The van der Waals surface area contributed by atoms with Gasteiger partial charge in [-0.3, -0.25) is 4.90 Å². The van der Waals surface area contributed by atoms with Crippen LogP contribution in [0.15, 0.2) is 16.5 Å². The standard InChI is InChI=1S/C13H21ClN2O.2ClH/c1-13(2,3)12(10-4-5-11(14)17-10)16-8-6-15-7-9-16;;/h4-5,12,15H,6-9H2,1-3H3;2*1H/t12-;;/m1../s1. The Balaban J connectivity index is 0.00000162. The van der Waals surface area contributed by atoms with Crippen LogP contribution in [0.2, 0.25) is 5.22 Å². The summed E-state index contributed by atoms with van der Waals surface area (Å²) in [7, 11) is 0. The molecule has 0 bridgehead atoms. The number of halogens is 3. The normalized spacial score (nSPS) is 18.3. The lowest BCUT2D eigenvalue weighted by atomic mass is 9.84. The molecule has 2 heterocycles. The topological polar surface area (TPSA) is 28.4 Å². The van der Waals surface area contributed by atoms with Gasteiger partial charge in [0.1, 0.15) is 5.76 Å². The second kappa shape index (κ2) is 7.75. The number of piperazine rings is 1. The Morgan fingerprint density at radius 1 is 1.21 bits per heavy atom.